The number of rotatable bonds is 6. The molecule has 1 heteroatoms. The van der Waals surface area contributed by atoms with E-state index in [9.17, 15) is 0 Å². The lowest BCUT2D eigenvalue weighted by atomic mass is 9.94. The Morgan fingerprint density at radius 2 is 1.63 bits per heavy atom. The largest absolute Gasteiger partial charge is 0.384 e. The number of hydrogen-bond donors (Lipinski definition) is 1. The van der Waals surface area contributed by atoms with Crippen molar-refractivity contribution < 1.29 is 0 Å². The Morgan fingerprint density at radius 3 is 2.32 bits per heavy atom. The average Bonchev–Trinajstić information content (AvgIpc) is 2.49. The summed E-state index contributed by atoms with van der Waals surface area (Å²) in [5, 5.41) is 3.44. The number of anilines is 1. The lowest BCUT2D eigenvalue weighted by molar-refractivity contribution is 0.887. The van der Waals surface area contributed by atoms with E-state index in [2.05, 4.69) is 48.8 Å². The van der Waals surface area contributed by atoms with Crippen molar-refractivity contribution in [2.24, 2.45) is 0 Å². The maximum atomic E-state index is 3.95. The molecule has 1 nitrogen and oxygen atoms in total. The molecule has 0 saturated heterocycles. The zero-order valence-corrected chi connectivity index (χ0v) is 11.0. The van der Waals surface area contributed by atoms with E-state index in [0.717, 1.165) is 12.2 Å². The van der Waals surface area contributed by atoms with Gasteiger partial charge in [-0.3, -0.25) is 0 Å². The van der Waals surface area contributed by atoms with Crippen LogP contribution < -0.4 is 5.32 Å². The van der Waals surface area contributed by atoms with Gasteiger partial charge in [-0.1, -0.05) is 61.2 Å². The van der Waals surface area contributed by atoms with E-state index in [-0.39, 0.29) is 5.92 Å². The quantitative estimate of drug-likeness (QED) is 0.731. The zero-order chi connectivity index (χ0) is 13.5. The van der Waals surface area contributed by atoms with Crippen LogP contribution in [-0.4, -0.2) is 6.54 Å². The molecule has 0 fully saturated rings. The highest BCUT2D eigenvalue weighted by Gasteiger charge is 2.10. The zero-order valence-electron chi connectivity index (χ0n) is 11.0. The molecule has 0 saturated carbocycles. The van der Waals surface area contributed by atoms with Crippen LogP contribution in [-0.2, 0) is 0 Å². The Balaban J connectivity index is 2.12. The minimum atomic E-state index is 0.273. The van der Waals surface area contributed by atoms with Crippen LogP contribution in [0.1, 0.15) is 17.0 Å². The van der Waals surface area contributed by atoms with Crippen molar-refractivity contribution in [1.29, 1.82) is 0 Å². The van der Waals surface area contributed by atoms with Gasteiger partial charge >= 0.3 is 0 Å². The summed E-state index contributed by atoms with van der Waals surface area (Å²) in [6.45, 7) is 8.65. The molecule has 1 atom stereocenters. The first kappa shape index (κ1) is 13.2. The first-order valence-corrected chi connectivity index (χ1v) is 6.48. The Labute approximate surface area is 115 Å². The van der Waals surface area contributed by atoms with Gasteiger partial charge in [-0.2, -0.15) is 0 Å². The first-order chi connectivity index (χ1) is 9.35. The fourth-order valence-corrected chi connectivity index (χ4v) is 2.14. The summed E-state index contributed by atoms with van der Waals surface area (Å²) in [6, 6.07) is 18.5. The average molecular weight is 249 g/mol. The summed E-state index contributed by atoms with van der Waals surface area (Å²) in [5.74, 6) is 0.273. The summed E-state index contributed by atoms with van der Waals surface area (Å²) < 4.78 is 0. The van der Waals surface area contributed by atoms with E-state index < -0.39 is 0 Å². The van der Waals surface area contributed by atoms with Crippen molar-refractivity contribution in [2.75, 3.05) is 11.9 Å². The van der Waals surface area contributed by atoms with Crippen LogP contribution in [0.3, 0.4) is 0 Å². The van der Waals surface area contributed by atoms with Gasteiger partial charge in [-0.05, 0) is 23.3 Å². The summed E-state index contributed by atoms with van der Waals surface area (Å²) in [4.78, 5) is 0. The van der Waals surface area contributed by atoms with Crippen molar-refractivity contribution in [3.05, 3.63) is 85.0 Å². The minimum absolute atomic E-state index is 0.273. The Hall–Kier alpha value is -2.28. The Morgan fingerprint density at radius 1 is 0.947 bits per heavy atom. The number of para-hydroxylation sites is 1. The highest BCUT2D eigenvalue weighted by molar-refractivity contribution is 5.54. The molecule has 96 valence electrons. The molecule has 1 unspecified atom stereocenters. The summed E-state index contributed by atoms with van der Waals surface area (Å²) >= 11 is 0. The molecule has 0 aliphatic heterocycles. The van der Waals surface area contributed by atoms with Crippen LogP contribution in [0.15, 0.2) is 73.8 Å². The van der Waals surface area contributed by atoms with Gasteiger partial charge in [0.1, 0.15) is 0 Å². The first-order valence-electron chi connectivity index (χ1n) is 6.48. The lowest BCUT2D eigenvalue weighted by Crippen LogP contribution is -2.11. The molecule has 0 bridgehead atoms. The van der Waals surface area contributed by atoms with Crippen molar-refractivity contribution in [2.45, 2.75) is 5.92 Å². The third-order valence-electron chi connectivity index (χ3n) is 3.20. The molecular formula is C18H19N. The maximum Gasteiger partial charge on any atom is 0.0340 e. The van der Waals surface area contributed by atoms with Crippen molar-refractivity contribution in [3.8, 4) is 0 Å². The molecule has 2 aromatic rings. The predicted molar refractivity (Wildman–Crippen MR) is 84.4 cm³/mol. The van der Waals surface area contributed by atoms with Crippen LogP contribution in [0.2, 0.25) is 0 Å². The van der Waals surface area contributed by atoms with Crippen molar-refractivity contribution in [3.63, 3.8) is 0 Å². The highest BCUT2D eigenvalue weighted by Crippen LogP contribution is 2.22. The molecule has 2 rings (SSSR count). The van der Waals surface area contributed by atoms with Gasteiger partial charge in [-0.25, -0.2) is 0 Å². The van der Waals surface area contributed by atoms with Crippen LogP contribution >= 0.6 is 0 Å². The standard InChI is InChI=1S/C18H19N/c1-3-15-10-8-9-13-18(15)16(4-2)14-19-17-11-6-5-7-12-17/h3-13,16,19H,1-2,14H2. The van der Waals surface area contributed by atoms with Crippen molar-refractivity contribution in [1.82, 2.24) is 0 Å². The molecule has 19 heavy (non-hydrogen) atoms. The second kappa shape index (κ2) is 6.60. The van der Waals surface area contributed by atoms with Crippen LogP contribution in [0.4, 0.5) is 5.69 Å². The minimum Gasteiger partial charge on any atom is -0.384 e. The van der Waals surface area contributed by atoms with E-state index in [0.29, 0.717) is 0 Å². The van der Waals surface area contributed by atoms with Crippen LogP contribution in [0.25, 0.3) is 6.08 Å². The molecule has 0 spiro atoms. The van der Waals surface area contributed by atoms with E-state index in [4.69, 9.17) is 0 Å². The fraction of sp³-hybridized carbons (Fsp3) is 0.111. The van der Waals surface area contributed by atoms with E-state index >= 15 is 0 Å². The molecule has 0 aliphatic rings. The van der Waals surface area contributed by atoms with E-state index in [1.807, 2.05) is 36.4 Å². The topological polar surface area (TPSA) is 12.0 Å². The Kier molecular flexibility index (Phi) is 4.57. The molecular weight excluding hydrogens is 230 g/mol. The molecule has 0 aromatic heterocycles. The molecule has 2 aromatic carbocycles. The SMILES string of the molecule is C=Cc1ccccc1C(C=C)CNc1ccccc1. The monoisotopic (exact) mass is 249 g/mol. The molecule has 0 radical (unpaired) electrons. The number of hydrogen-bond acceptors (Lipinski definition) is 1. The third kappa shape index (κ3) is 3.35. The van der Waals surface area contributed by atoms with Crippen LogP contribution in [0, 0.1) is 0 Å². The van der Waals surface area contributed by atoms with Gasteiger partial charge in [0.25, 0.3) is 0 Å². The summed E-state index contributed by atoms with van der Waals surface area (Å²) in [6.07, 6.45) is 3.88. The molecule has 1 N–H and O–H groups in total. The highest BCUT2D eigenvalue weighted by atomic mass is 14.9. The molecule has 0 aliphatic carbocycles. The van der Waals surface area contributed by atoms with Crippen molar-refractivity contribution >= 4 is 11.8 Å². The van der Waals surface area contributed by atoms with E-state index in [1.54, 1.807) is 0 Å². The number of benzene rings is 2. The third-order valence-corrected chi connectivity index (χ3v) is 3.20. The van der Waals surface area contributed by atoms with Gasteiger partial charge in [0, 0.05) is 18.2 Å². The second-order valence-electron chi connectivity index (χ2n) is 4.42. The second-order valence-corrected chi connectivity index (χ2v) is 4.42. The van der Waals surface area contributed by atoms with Gasteiger partial charge in [0.2, 0.25) is 0 Å². The van der Waals surface area contributed by atoms with E-state index in [1.165, 1.54) is 11.1 Å². The number of nitrogens with one attached hydrogen (secondary N) is 1. The van der Waals surface area contributed by atoms with Gasteiger partial charge in [-0.15, -0.1) is 6.58 Å². The van der Waals surface area contributed by atoms with Gasteiger partial charge in [0.15, 0.2) is 0 Å². The molecule has 0 amide bonds. The summed E-state index contributed by atoms with van der Waals surface area (Å²) in [7, 11) is 0. The maximum absolute atomic E-state index is 3.95. The van der Waals surface area contributed by atoms with Gasteiger partial charge in [0.05, 0.1) is 0 Å². The fourth-order valence-electron chi connectivity index (χ4n) is 2.14. The van der Waals surface area contributed by atoms with Crippen LogP contribution in [0.5, 0.6) is 0 Å². The normalized spacial score (nSPS) is 11.6. The predicted octanol–water partition coefficient (Wildman–Crippen LogP) is 4.71. The Bertz CT molecular complexity index is 543. The lowest BCUT2D eigenvalue weighted by Gasteiger charge is -2.17. The molecule has 0 heterocycles. The van der Waals surface area contributed by atoms with Gasteiger partial charge < -0.3 is 5.32 Å². The smallest absolute Gasteiger partial charge is 0.0340 e. The summed E-state index contributed by atoms with van der Waals surface area (Å²) in [5.41, 5.74) is 3.56.